The summed E-state index contributed by atoms with van der Waals surface area (Å²) in [5.41, 5.74) is -0.175. The summed E-state index contributed by atoms with van der Waals surface area (Å²) in [6.07, 6.45) is 1.54. The average Bonchev–Trinajstić information content (AvgIpc) is 2.20. The van der Waals surface area contributed by atoms with E-state index in [4.69, 9.17) is 16.7 Å². The van der Waals surface area contributed by atoms with Gasteiger partial charge in [-0.2, -0.15) is 0 Å². The first-order chi connectivity index (χ1) is 7.15. The Hall–Kier alpha value is -1.64. The summed E-state index contributed by atoms with van der Waals surface area (Å²) in [6.45, 7) is -0.0889. The summed E-state index contributed by atoms with van der Waals surface area (Å²) in [6, 6.07) is 1.19. The highest BCUT2D eigenvalue weighted by Crippen LogP contribution is 2.19. The van der Waals surface area contributed by atoms with Gasteiger partial charge in [-0.3, -0.25) is 10.1 Å². The molecule has 0 saturated heterocycles. The van der Waals surface area contributed by atoms with Crippen LogP contribution in [0.15, 0.2) is 12.3 Å². The third kappa shape index (κ3) is 3.20. The Balaban J connectivity index is 3.08. The van der Waals surface area contributed by atoms with Crippen LogP contribution in [0.2, 0.25) is 5.02 Å². The van der Waals surface area contributed by atoms with Crippen LogP contribution in [0, 0.1) is 22.0 Å². The molecular formula is C9H7ClN2O3. The second-order valence-corrected chi connectivity index (χ2v) is 2.99. The van der Waals surface area contributed by atoms with Crippen LogP contribution in [-0.2, 0) is 0 Å². The van der Waals surface area contributed by atoms with Gasteiger partial charge in [-0.05, 0) is 5.92 Å². The Morgan fingerprint density at radius 1 is 1.67 bits per heavy atom. The summed E-state index contributed by atoms with van der Waals surface area (Å²) < 4.78 is 0. The van der Waals surface area contributed by atoms with Crippen LogP contribution in [0.25, 0.3) is 0 Å². The zero-order valence-corrected chi connectivity index (χ0v) is 8.36. The summed E-state index contributed by atoms with van der Waals surface area (Å²) in [5, 5.41) is 19.3. The Bertz CT molecular complexity index is 437. The van der Waals surface area contributed by atoms with Crippen molar-refractivity contribution in [2.24, 2.45) is 0 Å². The maximum atomic E-state index is 10.6. The molecule has 0 bridgehead atoms. The van der Waals surface area contributed by atoms with Gasteiger partial charge >= 0.3 is 5.69 Å². The number of hydrogen-bond donors (Lipinski definition) is 1. The number of nitrogens with zero attached hydrogens (tertiary/aromatic N) is 2. The molecule has 1 aromatic heterocycles. The molecule has 0 saturated carbocycles. The number of aliphatic hydroxyl groups is 1. The first kappa shape index (κ1) is 11.4. The van der Waals surface area contributed by atoms with Crippen molar-refractivity contribution in [3.05, 3.63) is 33.1 Å². The maximum Gasteiger partial charge on any atom is 0.304 e. The minimum atomic E-state index is -0.595. The van der Waals surface area contributed by atoms with Crippen LogP contribution in [0.5, 0.6) is 0 Å². The van der Waals surface area contributed by atoms with Crippen molar-refractivity contribution in [2.45, 2.75) is 6.42 Å². The molecule has 5 nitrogen and oxygen atoms in total. The average molecular weight is 227 g/mol. The molecule has 0 aliphatic carbocycles. The van der Waals surface area contributed by atoms with Crippen molar-refractivity contribution < 1.29 is 10.0 Å². The van der Waals surface area contributed by atoms with Gasteiger partial charge in [-0.1, -0.05) is 17.5 Å². The van der Waals surface area contributed by atoms with E-state index in [1.165, 1.54) is 12.3 Å². The molecule has 78 valence electrons. The molecule has 0 spiro atoms. The highest BCUT2D eigenvalue weighted by molar-refractivity contribution is 6.30. The molecule has 15 heavy (non-hydrogen) atoms. The minimum absolute atomic E-state index is 0.0536. The quantitative estimate of drug-likeness (QED) is 0.470. The number of pyridine rings is 1. The Labute approximate surface area is 90.9 Å². The molecule has 0 atom stereocenters. The zero-order chi connectivity index (χ0) is 11.3. The largest absolute Gasteiger partial charge is 0.395 e. The van der Waals surface area contributed by atoms with E-state index in [9.17, 15) is 10.1 Å². The number of hydrogen-bond acceptors (Lipinski definition) is 4. The van der Waals surface area contributed by atoms with Crippen molar-refractivity contribution in [3.63, 3.8) is 0 Å². The lowest BCUT2D eigenvalue weighted by atomic mass is 10.3. The monoisotopic (exact) mass is 226 g/mol. The summed E-state index contributed by atoms with van der Waals surface area (Å²) in [7, 11) is 0. The number of rotatable bonds is 2. The smallest absolute Gasteiger partial charge is 0.304 e. The molecule has 0 fully saturated rings. The predicted octanol–water partition coefficient (Wildman–Crippen LogP) is 1.38. The van der Waals surface area contributed by atoms with Crippen LogP contribution in [0.3, 0.4) is 0 Å². The van der Waals surface area contributed by atoms with Gasteiger partial charge in [0.05, 0.1) is 16.6 Å². The fourth-order valence-electron chi connectivity index (χ4n) is 0.866. The third-order valence-electron chi connectivity index (χ3n) is 1.47. The summed E-state index contributed by atoms with van der Waals surface area (Å²) in [5.74, 6) is 5.06. The van der Waals surface area contributed by atoms with Gasteiger partial charge in [0.1, 0.15) is 0 Å². The highest BCUT2D eigenvalue weighted by atomic mass is 35.5. The van der Waals surface area contributed by atoms with Gasteiger partial charge in [0.2, 0.25) is 0 Å². The normalized spacial score (nSPS) is 9.20. The minimum Gasteiger partial charge on any atom is -0.395 e. The first-order valence-corrected chi connectivity index (χ1v) is 4.42. The molecule has 1 heterocycles. The van der Waals surface area contributed by atoms with Gasteiger partial charge in [0, 0.05) is 18.7 Å². The van der Waals surface area contributed by atoms with Crippen molar-refractivity contribution in [1.29, 1.82) is 0 Å². The number of halogens is 1. The molecule has 1 rings (SSSR count). The lowest BCUT2D eigenvalue weighted by Crippen LogP contribution is -1.94. The fourth-order valence-corrected chi connectivity index (χ4v) is 1.02. The molecule has 1 N–H and O–H groups in total. The number of nitro groups is 1. The summed E-state index contributed by atoms with van der Waals surface area (Å²) in [4.78, 5) is 13.7. The zero-order valence-electron chi connectivity index (χ0n) is 7.61. The standard InChI is InChI=1S/C9H7ClN2O3/c10-7-5-9(12(14)15)8(11-6-7)3-1-2-4-13/h5-6,13H,2,4H2. The third-order valence-corrected chi connectivity index (χ3v) is 1.68. The molecule has 0 amide bonds. The molecule has 0 unspecified atom stereocenters. The van der Waals surface area contributed by atoms with E-state index in [0.717, 1.165) is 0 Å². The second-order valence-electron chi connectivity index (χ2n) is 2.55. The predicted molar refractivity (Wildman–Crippen MR) is 54.5 cm³/mol. The van der Waals surface area contributed by atoms with Crippen LogP contribution in [0.1, 0.15) is 12.1 Å². The van der Waals surface area contributed by atoms with E-state index in [1.54, 1.807) is 0 Å². The summed E-state index contributed by atoms with van der Waals surface area (Å²) >= 11 is 5.57. The maximum absolute atomic E-state index is 10.6. The van der Waals surface area contributed by atoms with E-state index >= 15 is 0 Å². The van der Waals surface area contributed by atoms with Crippen LogP contribution >= 0.6 is 11.6 Å². The van der Waals surface area contributed by atoms with Gasteiger partial charge in [0.25, 0.3) is 0 Å². The lowest BCUT2D eigenvalue weighted by molar-refractivity contribution is -0.385. The fraction of sp³-hybridized carbons (Fsp3) is 0.222. The van der Waals surface area contributed by atoms with Crippen LogP contribution in [-0.4, -0.2) is 21.6 Å². The van der Waals surface area contributed by atoms with E-state index in [0.29, 0.717) is 0 Å². The van der Waals surface area contributed by atoms with Crippen LogP contribution < -0.4 is 0 Å². The van der Waals surface area contributed by atoms with Gasteiger partial charge in [-0.15, -0.1) is 0 Å². The molecule has 0 aliphatic rings. The van der Waals surface area contributed by atoms with E-state index in [2.05, 4.69) is 16.8 Å². The van der Waals surface area contributed by atoms with Crippen molar-refractivity contribution in [1.82, 2.24) is 4.98 Å². The van der Waals surface area contributed by atoms with Crippen LogP contribution in [0.4, 0.5) is 5.69 Å². The highest BCUT2D eigenvalue weighted by Gasteiger charge is 2.13. The Morgan fingerprint density at radius 2 is 2.40 bits per heavy atom. The number of aliphatic hydroxyl groups excluding tert-OH is 1. The Kier molecular flexibility index (Phi) is 4.03. The first-order valence-electron chi connectivity index (χ1n) is 4.05. The van der Waals surface area contributed by atoms with Gasteiger partial charge in [0.15, 0.2) is 5.69 Å². The molecule has 0 aromatic carbocycles. The molecule has 1 aromatic rings. The molecule has 0 radical (unpaired) electrons. The van der Waals surface area contributed by atoms with E-state index in [1.807, 2.05) is 0 Å². The van der Waals surface area contributed by atoms with Gasteiger partial charge < -0.3 is 5.11 Å². The topological polar surface area (TPSA) is 76.3 Å². The van der Waals surface area contributed by atoms with E-state index < -0.39 is 4.92 Å². The van der Waals surface area contributed by atoms with E-state index in [-0.39, 0.29) is 29.4 Å². The molecular weight excluding hydrogens is 220 g/mol. The Morgan fingerprint density at radius 3 is 3.00 bits per heavy atom. The van der Waals surface area contributed by atoms with Crippen molar-refractivity contribution in [3.8, 4) is 11.8 Å². The molecule has 6 heteroatoms. The van der Waals surface area contributed by atoms with Crippen molar-refractivity contribution >= 4 is 17.3 Å². The molecule has 0 aliphatic heterocycles. The number of aromatic nitrogens is 1. The van der Waals surface area contributed by atoms with Gasteiger partial charge in [-0.25, -0.2) is 4.98 Å². The lowest BCUT2D eigenvalue weighted by Gasteiger charge is -1.94. The second kappa shape index (κ2) is 5.29. The SMILES string of the molecule is O=[N+]([O-])c1cc(Cl)cnc1C#CCCO. The van der Waals surface area contributed by atoms with Crippen molar-refractivity contribution in [2.75, 3.05) is 6.61 Å².